The van der Waals surface area contributed by atoms with Crippen LogP contribution in [-0.2, 0) is 9.59 Å². The van der Waals surface area contributed by atoms with E-state index >= 15 is 0 Å². The third kappa shape index (κ3) is 8.67. The third-order valence-electron chi connectivity index (χ3n) is 1.53. The molecule has 0 aromatic rings. The Hall–Kier alpha value is -1.65. The SMILES string of the molecule is N#CCN(CCNCC(=O)O)CC(=O)O. The Balaban J connectivity index is 3.71. The van der Waals surface area contributed by atoms with Crippen LogP contribution in [-0.4, -0.2) is 59.8 Å². The molecule has 15 heavy (non-hydrogen) atoms. The van der Waals surface area contributed by atoms with Gasteiger partial charge in [-0.1, -0.05) is 0 Å². The average Bonchev–Trinajstić information content (AvgIpc) is 2.11. The van der Waals surface area contributed by atoms with E-state index in [1.54, 1.807) is 0 Å². The molecule has 7 nitrogen and oxygen atoms in total. The van der Waals surface area contributed by atoms with Crippen LogP contribution in [0.15, 0.2) is 0 Å². The summed E-state index contributed by atoms with van der Waals surface area (Å²) in [5.41, 5.74) is 0. The number of hydrogen-bond donors (Lipinski definition) is 3. The topological polar surface area (TPSA) is 114 Å². The van der Waals surface area contributed by atoms with Crippen molar-refractivity contribution in [2.45, 2.75) is 0 Å². The highest BCUT2D eigenvalue weighted by atomic mass is 16.4. The number of nitrogens with one attached hydrogen (secondary N) is 1. The van der Waals surface area contributed by atoms with E-state index in [4.69, 9.17) is 15.5 Å². The predicted octanol–water partition coefficient (Wildman–Crippen LogP) is -1.43. The smallest absolute Gasteiger partial charge is 0.317 e. The van der Waals surface area contributed by atoms with Crippen LogP contribution in [0.5, 0.6) is 0 Å². The fourth-order valence-electron chi connectivity index (χ4n) is 0.938. The molecule has 0 unspecified atom stereocenters. The number of aliphatic carboxylic acids is 2. The first-order valence-electron chi connectivity index (χ1n) is 4.30. The van der Waals surface area contributed by atoms with Gasteiger partial charge in [0, 0.05) is 13.1 Å². The van der Waals surface area contributed by atoms with E-state index in [0.717, 1.165) is 0 Å². The molecule has 0 aliphatic rings. The van der Waals surface area contributed by atoms with Gasteiger partial charge in [0.05, 0.1) is 25.7 Å². The van der Waals surface area contributed by atoms with Gasteiger partial charge >= 0.3 is 11.9 Å². The Kier molecular flexibility index (Phi) is 6.88. The van der Waals surface area contributed by atoms with Crippen LogP contribution in [0.2, 0.25) is 0 Å². The lowest BCUT2D eigenvalue weighted by atomic mass is 10.4. The summed E-state index contributed by atoms with van der Waals surface area (Å²) in [7, 11) is 0. The molecule has 0 spiro atoms. The molecular weight excluding hydrogens is 202 g/mol. The van der Waals surface area contributed by atoms with Gasteiger partial charge in [-0.05, 0) is 0 Å². The number of rotatable bonds is 8. The van der Waals surface area contributed by atoms with Crippen molar-refractivity contribution in [3.8, 4) is 6.07 Å². The van der Waals surface area contributed by atoms with Crippen molar-refractivity contribution in [1.82, 2.24) is 10.2 Å². The highest BCUT2D eigenvalue weighted by Crippen LogP contribution is 1.85. The minimum atomic E-state index is -1.01. The molecule has 0 heterocycles. The summed E-state index contributed by atoms with van der Waals surface area (Å²) in [6.07, 6.45) is 0. The highest BCUT2D eigenvalue weighted by Gasteiger charge is 2.08. The zero-order chi connectivity index (χ0) is 11.7. The van der Waals surface area contributed by atoms with Crippen molar-refractivity contribution in [1.29, 1.82) is 5.26 Å². The normalized spacial score (nSPS) is 9.87. The second kappa shape index (κ2) is 7.73. The number of carbonyl (C=O) groups is 2. The lowest BCUT2D eigenvalue weighted by molar-refractivity contribution is -0.138. The van der Waals surface area contributed by atoms with Crippen LogP contribution in [0.25, 0.3) is 0 Å². The van der Waals surface area contributed by atoms with E-state index in [1.165, 1.54) is 4.90 Å². The molecule has 0 amide bonds. The standard InChI is InChI=1S/C8H13N3O4/c9-1-3-11(6-8(14)15)4-2-10-5-7(12)13/h10H,2-6H2,(H,12,13)(H,14,15). The van der Waals surface area contributed by atoms with Crippen molar-refractivity contribution < 1.29 is 19.8 Å². The number of nitrogens with zero attached hydrogens (tertiary/aromatic N) is 2. The number of carboxylic acids is 2. The maximum Gasteiger partial charge on any atom is 0.317 e. The molecule has 0 bridgehead atoms. The summed E-state index contributed by atoms with van der Waals surface area (Å²) in [5.74, 6) is -1.98. The quantitative estimate of drug-likeness (QED) is 0.336. The molecular formula is C8H13N3O4. The highest BCUT2D eigenvalue weighted by molar-refractivity contribution is 5.69. The lowest BCUT2D eigenvalue weighted by Gasteiger charge is -2.16. The summed E-state index contributed by atoms with van der Waals surface area (Å²) in [5, 5.41) is 27.8. The number of nitriles is 1. The first-order valence-corrected chi connectivity index (χ1v) is 4.30. The molecule has 3 N–H and O–H groups in total. The molecule has 0 aromatic heterocycles. The first-order chi connectivity index (χ1) is 7.06. The van der Waals surface area contributed by atoms with Crippen molar-refractivity contribution in [3.63, 3.8) is 0 Å². The Morgan fingerprint density at radius 1 is 1.33 bits per heavy atom. The van der Waals surface area contributed by atoms with E-state index < -0.39 is 11.9 Å². The maximum absolute atomic E-state index is 10.4. The number of hydrogen-bond acceptors (Lipinski definition) is 5. The van der Waals surface area contributed by atoms with Gasteiger partial charge in [-0.15, -0.1) is 0 Å². The molecule has 0 atom stereocenters. The summed E-state index contributed by atoms with van der Waals surface area (Å²) in [4.78, 5) is 21.9. The van der Waals surface area contributed by atoms with E-state index in [0.29, 0.717) is 13.1 Å². The van der Waals surface area contributed by atoms with E-state index in [-0.39, 0.29) is 19.6 Å². The van der Waals surface area contributed by atoms with E-state index in [1.807, 2.05) is 6.07 Å². The van der Waals surface area contributed by atoms with Gasteiger partial charge in [-0.25, -0.2) is 0 Å². The molecule has 0 rings (SSSR count). The second-order valence-corrected chi connectivity index (χ2v) is 2.83. The van der Waals surface area contributed by atoms with Crippen LogP contribution in [0.3, 0.4) is 0 Å². The molecule has 0 aliphatic heterocycles. The largest absolute Gasteiger partial charge is 0.480 e. The average molecular weight is 215 g/mol. The zero-order valence-electron chi connectivity index (χ0n) is 8.14. The molecule has 84 valence electrons. The fourth-order valence-corrected chi connectivity index (χ4v) is 0.938. The van der Waals surface area contributed by atoms with Crippen LogP contribution in [0, 0.1) is 11.3 Å². The van der Waals surface area contributed by atoms with Crippen LogP contribution >= 0.6 is 0 Å². The van der Waals surface area contributed by atoms with Gasteiger partial charge in [-0.2, -0.15) is 5.26 Å². The third-order valence-corrected chi connectivity index (χ3v) is 1.53. The van der Waals surface area contributed by atoms with Gasteiger partial charge in [0.25, 0.3) is 0 Å². The number of carboxylic acid groups (broad SMARTS) is 2. The van der Waals surface area contributed by atoms with Crippen molar-refractivity contribution in [2.75, 3.05) is 32.7 Å². The van der Waals surface area contributed by atoms with Gasteiger partial charge in [0.15, 0.2) is 0 Å². The van der Waals surface area contributed by atoms with Gasteiger partial charge in [-0.3, -0.25) is 14.5 Å². The summed E-state index contributed by atoms with van der Waals surface area (Å²) < 4.78 is 0. The van der Waals surface area contributed by atoms with Gasteiger partial charge in [0.2, 0.25) is 0 Å². The molecule has 0 fully saturated rings. The fraction of sp³-hybridized carbons (Fsp3) is 0.625. The minimum Gasteiger partial charge on any atom is -0.480 e. The molecule has 7 heteroatoms. The zero-order valence-corrected chi connectivity index (χ0v) is 8.14. The van der Waals surface area contributed by atoms with E-state index in [9.17, 15) is 9.59 Å². The predicted molar refractivity (Wildman–Crippen MR) is 50.2 cm³/mol. The first kappa shape index (κ1) is 13.4. The van der Waals surface area contributed by atoms with Crippen molar-refractivity contribution in [3.05, 3.63) is 0 Å². The Morgan fingerprint density at radius 3 is 2.47 bits per heavy atom. The summed E-state index contributed by atoms with van der Waals surface area (Å²) >= 11 is 0. The van der Waals surface area contributed by atoms with Crippen LogP contribution in [0.4, 0.5) is 0 Å². The minimum absolute atomic E-state index is 0.0149. The second-order valence-electron chi connectivity index (χ2n) is 2.83. The molecule has 0 saturated carbocycles. The van der Waals surface area contributed by atoms with Crippen molar-refractivity contribution >= 4 is 11.9 Å². The molecule has 0 radical (unpaired) electrons. The van der Waals surface area contributed by atoms with Gasteiger partial charge in [0.1, 0.15) is 0 Å². The van der Waals surface area contributed by atoms with Crippen LogP contribution < -0.4 is 5.32 Å². The Morgan fingerprint density at radius 2 is 2.00 bits per heavy atom. The Bertz CT molecular complexity index is 261. The summed E-state index contributed by atoms with van der Waals surface area (Å²) in [6.45, 7) is 0.283. The lowest BCUT2D eigenvalue weighted by Crippen LogP contribution is -2.37. The summed E-state index contributed by atoms with van der Waals surface area (Å²) in [6, 6.07) is 1.84. The molecule has 0 aliphatic carbocycles. The van der Waals surface area contributed by atoms with Gasteiger partial charge < -0.3 is 15.5 Å². The molecule has 0 saturated heterocycles. The Labute approximate surface area is 86.9 Å². The monoisotopic (exact) mass is 215 g/mol. The van der Waals surface area contributed by atoms with Crippen LogP contribution in [0.1, 0.15) is 0 Å². The molecule has 0 aromatic carbocycles. The van der Waals surface area contributed by atoms with E-state index in [2.05, 4.69) is 5.32 Å². The maximum atomic E-state index is 10.4. The van der Waals surface area contributed by atoms with Crippen molar-refractivity contribution in [2.24, 2.45) is 0 Å².